The third kappa shape index (κ3) is 4.11. The van der Waals surface area contributed by atoms with Crippen LogP contribution in [-0.2, 0) is 4.79 Å². The molecule has 0 bridgehead atoms. The molecule has 1 aromatic heterocycles. The van der Waals surface area contributed by atoms with E-state index in [1.165, 1.54) is 25.7 Å². The molecule has 5 nitrogen and oxygen atoms in total. The van der Waals surface area contributed by atoms with Crippen LogP contribution in [-0.4, -0.2) is 33.3 Å². The van der Waals surface area contributed by atoms with E-state index in [4.69, 9.17) is 0 Å². The van der Waals surface area contributed by atoms with E-state index in [1.807, 2.05) is 12.1 Å². The number of pyridine rings is 1. The second-order valence-electron chi connectivity index (χ2n) is 12.8. The number of aliphatic hydroxyl groups is 2. The van der Waals surface area contributed by atoms with Gasteiger partial charge in [-0.05, 0) is 116 Å². The van der Waals surface area contributed by atoms with Crippen LogP contribution in [0, 0.1) is 46.3 Å². The molecule has 0 spiro atoms. The quantitative estimate of drug-likeness (QED) is 0.538. The van der Waals surface area contributed by atoms with Crippen molar-refractivity contribution in [2.75, 3.05) is 5.32 Å². The number of anilines is 1. The normalized spacial score (nSPS) is 44.4. The Morgan fingerprint density at radius 3 is 2.65 bits per heavy atom. The van der Waals surface area contributed by atoms with Crippen molar-refractivity contribution in [3.8, 4) is 0 Å². The van der Waals surface area contributed by atoms with Crippen molar-refractivity contribution in [3.05, 3.63) is 24.5 Å². The largest absolute Gasteiger partial charge is 0.393 e. The standard InChI is InChI=1S/C29H44N2O3/c1-18(6-9-26(34)31-20-5-4-14-30-17-20)22-7-8-23-27-24(11-13-29(22,23)3)28(2)12-10-21(32)15-19(28)16-25(27)33/h4-5,14,17-19,21-25,27,32-33H,6-13,15-16H2,1-3H3,(H,31,34)/t18-,19+,21-,22-,23+,24+,25+,27+,28+,29-/m0/s1. The molecular weight excluding hydrogens is 424 g/mol. The number of aromatic nitrogens is 1. The predicted molar refractivity (Wildman–Crippen MR) is 134 cm³/mol. The number of hydrogen-bond acceptors (Lipinski definition) is 4. The molecule has 1 heterocycles. The van der Waals surface area contributed by atoms with Gasteiger partial charge in [0, 0.05) is 12.6 Å². The lowest BCUT2D eigenvalue weighted by molar-refractivity contribution is -0.174. The Kier molecular flexibility index (Phi) is 6.56. The van der Waals surface area contributed by atoms with Gasteiger partial charge in [-0.25, -0.2) is 0 Å². The third-order valence-electron chi connectivity index (χ3n) is 11.2. The minimum Gasteiger partial charge on any atom is -0.393 e. The van der Waals surface area contributed by atoms with Crippen LogP contribution < -0.4 is 5.32 Å². The summed E-state index contributed by atoms with van der Waals surface area (Å²) in [6.07, 6.45) is 13.1. The topological polar surface area (TPSA) is 82.5 Å². The maximum atomic E-state index is 12.5. The first-order valence-electron chi connectivity index (χ1n) is 13.8. The van der Waals surface area contributed by atoms with Crippen LogP contribution in [0.2, 0.25) is 0 Å². The number of nitrogens with zero attached hydrogens (tertiary/aromatic N) is 1. The van der Waals surface area contributed by atoms with Crippen molar-refractivity contribution in [1.82, 2.24) is 4.98 Å². The summed E-state index contributed by atoms with van der Waals surface area (Å²) in [6, 6.07) is 3.72. The number of rotatable bonds is 5. The Morgan fingerprint density at radius 2 is 1.88 bits per heavy atom. The molecule has 0 aromatic carbocycles. The minimum atomic E-state index is -0.225. The average Bonchev–Trinajstić information content (AvgIpc) is 3.16. The van der Waals surface area contributed by atoms with E-state index >= 15 is 0 Å². The van der Waals surface area contributed by atoms with E-state index in [-0.39, 0.29) is 28.9 Å². The highest BCUT2D eigenvalue weighted by Gasteiger charge is 2.62. The molecule has 4 aliphatic rings. The van der Waals surface area contributed by atoms with Crippen LogP contribution in [0.3, 0.4) is 0 Å². The van der Waals surface area contributed by atoms with Gasteiger partial charge >= 0.3 is 0 Å². The third-order valence-corrected chi connectivity index (χ3v) is 11.2. The molecule has 3 N–H and O–H groups in total. The summed E-state index contributed by atoms with van der Waals surface area (Å²) < 4.78 is 0. The van der Waals surface area contributed by atoms with Crippen LogP contribution in [0.25, 0.3) is 0 Å². The Morgan fingerprint density at radius 1 is 1.12 bits per heavy atom. The van der Waals surface area contributed by atoms with Crippen LogP contribution in [0.15, 0.2) is 24.5 Å². The summed E-state index contributed by atoms with van der Waals surface area (Å²) in [4.78, 5) is 16.6. The fraction of sp³-hybridized carbons (Fsp3) is 0.793. The Bertz CT molecular complexity index is 877. The van der Waals surface area contributed by atoms with Crippen molar-refractivity contribution >= 4 is 11.6 Å². The number of carbonyl (C=O) groups excluding carboxylic acids is 1. The van der Waals surface area contributed by atoms with Crippen LogP contribution in [0.4, 0.5) is 5.69 Å². The zero-order chi connectivity index (χ0) is 24.1. The van der Waals surface area contributed by atoms with Gasteiger partial charge in [-0.15, -0.1) is 0 Å². The molecule has 0 radical (unpaired) electrons. The second-order valence-corrected chi connectivity index (χ2v) is 12.8. The van der Waals surface area contributed by atoms with E-state index in [1.54, 1.807) is 12.4 Å². The monoisotopic (exact) mass is 468 g/mol. The van der Waals surface area contributed by atoms with Crippen molar-refractivity contribution in [2.45, 2.75) is 97.2 Å². The molecule has 4 fully saturated rings. The number of fused-ring (bicyclic) bond motifs is 5. The number of hydrogen-bond donors (Lipinski definition) is 3. The smallest absolute Gasteiger partial charge is 0.224 e. The fourth-order valence-electron chi connectivity index (χ4n) is 9.40. The predicted octanol–water partition coefficient (Wildman–Crippen LogP) is 5.43. The maximum absolute atomic E-state index is 12.5. The van der Waals surface area contributed by atoms with Gasteiger partial charge in [0.2, 0.25) is 5.91 Å². The van der Waals surface area contributed by atoms with Crippen molar-refractivity contribution < 1.29 is 15.0 Å². The van der Waals surface area contributed by atoms with Crippen LogP contribution in [0.1, 0.15) is 85.0 Å². The lowest BCUT2D eigenvalue weighted by Gasteiger charge is -2.62. The van der Waals surface area contributed by atoms with Crippen LogP contribution in [0.5, 0.6) is 0 Å². The number of aliphatic hydroxyl groups excluding tert-OH is 2. The molecule has 5 rings (SSSR count). The first-order chi connectivity index (χ1) is 16.2. The zero-order valence-electron chi connectivity index (χ0n) is 21.2. The highest BCUT2D eigenvalue weighted by Crippen LogP contribution is 2.68. The molecule has 188 valence electrons. The van der Waals surface area contributed by atoms with E-state index in [0.29, 0.717) is 41.9 Å². The minimum absolute atomic E-state index is 0.0735. The highest BCUT2D eigenvalue weighted by molar-refractivity contribution is 5.90. The summed E-state index contributed by atoms with van der Waals surface area (Å²) >= 11 is 0. The first kappa shape index (κ1) is 24.2. The molecule has 1 amide bonds. The van der Waals surface area contributed by atoms with Gasteiger partial charge < -0.3 is 15.5 Å². The van der Waals surface area contributed by atoms with Gasteiger partial charge in [-0.2, -0.15) is 0 Å². The van der Waals surface area contributed by atoms with Gasteiger partial charge in [0.05, 0.1) is 24.1 Å². The fourth-order valence-corrected chi connectivity index (χ4v) is 9.40. The molecule has 0 saturated heterocycles. The SMILES string of the molecule is C[C@@H](CCC(=O)Nc1cccnc1)[C@@H]1CC[C@@H]2[C@H]3[C@H](O)C[C@H]4C[C@@H](O)CC[C@@]4(C)[C@@H]3CC[C@]21C. The molecule has 0 aliphatic heterocycles. The summed E-state index contributed by atoms with van der Waals surface area (Å²) in [5.74, 6) is 3.24. The van der Waals surface area contributed by atoms with Crippen LogP contribution >= 0.6 is 0 Å². The van der Waals surface area contributed by atoms with E-state index < -0.39 is 0 Å². The van der Waals surface area contributed by atoms with Crippen molar-refractivity contribution in [2.24, 2.45) is 46.3 Å². The number of amides is 1. The number of nitrogens with one attached hydrogen (secondary N) is 1. The molecule has 4 saturated carbocycles. The summed E-state index contributed by atoms with van der Waals surface area (Å²) in [6.45, 7) is 7.33. The molecule has 10 atom stereocenters. The molecule has 34 heavy (non-hydrogen) atoms. The molecule has 0 unspecified atom stereocenters. The molecule has 1 aromatic rings. The molecule has 5 heteroatoms. The van der Waals surface area contributed by atoms with Gasteiger partial charge in [0.25, 0.3) is 0 Å². The second kappa shape index (κ2) is 9.20. The van der Waals surface area contributed by atoms with Gasteiger partial charge in [-0.3, -0.25) is 9.78 Å². The van der Waals surface area contributed by atoms with E-state index in [9.17, 15) is 15.0 Å². The van der Waals surface area contributed by atoms with E-state index in [2.05, 4.69) is 31.1 Å². The Labute approximate surface area is 205 Å². The summed E-state index contributed by atoms with van der Waals surface area (Å²) in [5.41, 5.74) is 1.30. The average molecular weight is 469 g/mol. The van der Waals surface area contributed by atoms with E-state index in [0.717, 1.165) is 37.8 Å². The van der Waals surface area contributed by atoms with Crippen molar-refractivity contribution in [3.63, 3.8) is 0 Å². The first-order valence-corrected chi connectivity index (χ1v) is 13.8. The highest BCUT2D eigenvalue weighted by atomic mass is 16.3. The lowest BCUT2D eigenvalue weighted by atomic mass is 9.43. The van der Waals surface area contributed by atoms with Crippen molar-refractivity contribution in [1.29, 1.82) is 0 Å². The van der Waals surface area contributed by atoms with Gasteiger partial charge in [0.15, 0.2) is 0 Å². The zero-order valence-corrected chi connectivity index (χ0v) is 21.2. The number of carbonyl (C=O) groups is 1. The lowest BCUT2D eigenvalue weighted by Crippen LogP contribution is -2.58. The Hall–Kier alpha value is -1.46. The summed E-state index contributed by atoms with van der Waals surface area (Å²) in [7, 11) is 0. The maximum Gasteiger partial charge on any atom is 0.224 e. The summed E-state index contributed by atoms with van der Waals surface area (Å²) in [5, 5.41) is 24.7. The van der Waals surface area contributed by atoms with Gasteiger partial charge in [-0.1, -0.05) is 20.8 Å². The molecular formula is C29H44N2O3. The Balaban J connectivity index is 1.25. The molecule has 4 aliphatic carbocycles. The van der Waals surface area contributed by atoms with Gasteiger partial charge in [0.1, 0.15) is 0 Å².